The number of pyridine rings is 1. The minimum Gasteiger partial charge on any atom is -0.490 e. The summed E-state index contributed by atoms with van der Waals surface area (Å²) in [7, 11) is 2.09. The number of hydrogen-bond acceptors (Lipinski definition) is 4. The maximum Gasteiger partial charge on any atom is 0.407 e. The van der Waals surface area contributed by atoms with Crippen LogP contribution in [0.2, 0.25) is 0 Å². The zero-order valence-electron chi connectivity index (χ0n) is 19.5. The molecule has 2 aromatic heterocycles. The van der Waals surface area contributed by atoms with Crippen molar-refractivity contribution in [2.75, 3.05) is 0 Å². The van der Waals surface area contributed by atoms with Crippen molar-refractivity contribution in [2.24, 2.45) is 7.05 Å². The molecule has 1 amide bonds. The van der Waals surface area contributed by atoms with Gasteiger partial charge in [-0.05, 0) is 56.2 Å². The monoisotopic (exact) mass is 443 g/mol. The van der Waals surface area contributed by atoms with Crippen molar-refractivity contribution in [3.8, 4) is 16.9 Å². The van der Waals surface area contributed by atoms with Crippen LogP contribution < -0.4 is 10.1 Å². The van der Waals surface area contributed by atoms with Gasteiger partial charge >= 0.3 is 6.09 Å². The molecule has 1 aliphatic carbocycles. The summed E-state index contributed by atoms with van der Waals surface area (Å²) in [5.74, 6) is 0.844. The number of amides is 1. The molecule has 6 heteroatoms. The summed E-state index contributed by atoms with van der Waals surface area (Å²) < 4.78 is 13.6. The molecule has 0 unspecified atom stereocenters. The number of ether oxygens (including phenoxy) is 2. The number of benzene rings is 2. The maximum atomic E-state index is 11.9. The van der Waals surface area contributed by atoms with E-state index in [1.807, 2.05) is 45.3 Å². The van der Waals surface area contributed by atoms with E-state index in [2.05, 4.69) is 58.3 Å². The van der Waals surface area contributed by atoms with Crippen LogP contribution in [0.25, 0.3) is 32.9 Å². The van der Waals surface area contributed by atoms with Gasteiger partial charge in [0.25, 0.3) is 0 Å². The largest absolute Gasteiger partial charge is 0.490 e. The molecule has 1 N–H and O–H groups in total. The van der Waals surface area contributed by atoms with Gasteiger partial charge in [-0.15, -0.1) is 0 Å². The number of alkyl carbamates (subject to hydrolysis) is 1. The third-order valence-electron chi connectivity index (χ3n) is 6.11. The lowest BCUT2D eigenvalue weighted by atomic mass is 9.89. The molecule has 4 aromatic rings. The normalized spacial score (nSPS) is 18.2. The Labute approximate surface area is 193 Å². The molecule has 0 bridgehead atoms. The lowest BCUT2D eigenvalue weighted by Crippen LogP contribution is -2.50. The second-order valence-electron chi connectivity index (χ2n) is 9.76. The zero-order valence-corrected chi connectivity index (χ0v) is 19.5. The van der Waals surface area contributed by atoms with E-state index >= 15 is 0 Å². The van der Waals surface area contributed by atoms with Crippen molar-refractivity contribution in [3.05, 3.63) is 60.9 Å². The number of hydrogen-bond donors (Lipinski definition) is 1. The average molecular weight is 444 g/mol. The van der Waals surface area contributed by atoms with E-state index in [1.165, 1.54) is 21.8 Å². The predicted molar refractivity (Wildman–Crippen MR) is 130 cm³/mol. The number of aromatic nitrogens is 2. The van der Waals surface area contributed by atoms with E-state index in [4.69, 9.17) is 9.47 Å². The molecule has 2 aromatic carbocycles. The van der Waals surface area contributed by atoms with Crippen LogP contribution in [0, 0.1) is 0 Å². The minimum atomic E-state index is -0.485. The van der Waals surface area contributed by atoms with Gasteiger partial charge in [-0.2, -0.15) is 0 Å². The van der Waals surface area contributed by atoms with E-state index in [0.717, 1.165) is 29.7 Å². The summed E-state index contributed by atoms with van der Waals surface area (Å²) in [6.07, 6.45) is 5.07. The van der Waals surface area contributed by atoms with Crippen molar-refractivity contribution in [2.45, 2.75) is 51.4 Å². The molecular formula is C27H29N3O3. The molecule has 170 valence electrons. The Hall–Kier alpha value is -3.54. The van der Waals surface area contributed by atoms with Crippen LogP contribution in [0.15, 0.2) is 60.9 Å². The van der Waals surface area contributed by atoms with Gasteiger partial charge < -0.3 is 19.4 Å². The molecule has 0 spiro atoms. The molecule has 5 rings (SSSR count). The number of fused-ring (bicyclic) bond motifs is 3. The van der Waals surface area contributed by atoms with E-state index < -0.39 is 5.60 Å². The number of aryl methyl sites for hydroxylation is 1. The molecule has 0 radical (unpaired) electrons. The molecule has 0 atom stereocenters. The first-order valence-corrected chi connectivity index (χ1v) is 11.4. The summed E-state index contributed by atoms with van der Waals surface area (Å²) in [4.78, 5) is 16.2. The van der Waals surface area contributed by atoms with Crippen LogP contribution in [0.5, 0.6) is 5.75 Å². The molecule has 1 saturated carbocycles. The smallest absolute Gasteiger partial charge is 0.407 e. The van der Waals surface area contributed by atoms with Crippen LogP contribution >= 0.6 is 0 Å². The lowest BCUT2D eigenvalue weighted by molar-refractivity contribution is 0.0363. The lowest BCUT2D eigenvalue weighted by Gasteiger charge is -2.36. The van der Waals surface area contributed by atoms with Crippen LogP contribution in [0.1, 0.15) is 33.6 Å². The number of nitrogens with one attached hydrogen (secondary N) is 1. The Bertz CT molecular complexity index is 1310. The first kappa shape index (κ1) is 21.3. The Kier molecular flexibility index (Phi) is 5.23. The standard InChI is InChI=1S/C27H29N3O3/c1-27(2,3)33-26(31)29-19-14-21(15-19)32-20-8-5-17(6-9-20)18-7-10-22-23-16-28-12-11-24(23)30(4)25(22)13-18/h5-13,16,19,21H,14-15H2,1-4H3,(H,29,31)/t19-,21-. The summed E-state index contributed by atoms with van der Waals surface area (Å²) in [5, 5.41) is 5.28. The topological polar surface area (TPSA) is 65.4 Å². The second kappa shape index (κ2) is 8.10. The quantitative estimate of drug-likeness (QED) is 0.431. The molecule has 1 fully saturated rings. The van der Waals surface area contributed by atoms with E-state index in [0.29, 0.717) is 0 Å². The second-order valence-corrected chi connectivity index (χ2v) is 9.76. The Morgan fingerprint density at radius 2 is 1.73 bits per heavy atom. The maximum absolute atomic E-state index is 11.9. The number of carbonyl (C=O) groups is 1. The van der Waals surface area contributed by atoms with Crippen LogP contribution in [-0.4, -0.2) is 33.4 Å². The highest BCUT2D eigenvalue weighted by Crippen LogP contribution is 2.32. The van der Waals surface area contributed by atoms with E-state index in [-0.39, 0.29) is 18.2 Å². The summed E-state index contributed by atoms with van der Waals surface area (Å²) in [5.41, 5.74) is 4.19. The van der Waals surface area contributed by atoms with Crippen molar-refractivity contribution < 1.29 is 14.3 Å². The highest BCUT2D eigenvalue weighted by Gasteiger charge is 2.33. The number of carbonyl (C=O) groups excluding carboxylic acids is 1. The number of nitrogens with zero attached hydrogens (tertiary/aromatic N) is 2. The Balaban J connectivity index is 1.23. The van der Waals surface area contributed by atoms with Crippen molar-refractivity contribution in [1.29, 1.82) is 0 Å². The minimum absolute atomic E-state index is 0.104. The van der Waals surface area contributed by atoms with Crippen LogP contribution in [0.3, 0.4) is 0 Å². The SMILES string of the molecule is Cn1c2ccncc2c2ccc(-c3ccc(O[C@H]4C[C@H](NC(=O)OC(C)(C)C)C4)cc3)cc21. The van der Waals surface area contributed by atoms with Gasteiger partial charge in [0, 0.05) is 54.6 Å². The summed E-state index contributed by atoms with van der Waals surface area (Å²) >= 11 is 0. The first-order chi connectivity index (χ1) is 15.8. The molecule has 0 saturated heterocycles. The molecule has 2 heterocycles. The van der Waals surface area contributed by atoms with Crippen molar-refractivity contribution in [1.82, 2.24) is 14.9 Å². The highest BCUT2D eigenvalue weighted by molar-refractivity contribution is 6.08. The predicted octanol–water partition coefficient (Wildman–Crippen LogP) is 5.83. The van der Waals surface area contributed by atoms with E-state index in [9.17, 15) is 4.79 Å². The Morgan fingerprint density at radius 1 is 1.00 bits per heavy atom. The van der Waals surface area contributed by atoms with Gasteiger partial charge in [0.1, 0.15) is 17.5 Å². The summed E-state index contributed by atoms with van der Waals surface area (Å²) in [6.45, 7) is 5.58. The average Bonchev–Trinajstić information content (AvgIpc) is 3.03. The molecule has 6 nitrogen and oxygen atoms in total. The fourth-order valence-electron chi connectivity index (χ4n) is 4.41. The highest BCUT2D eigenvalue weighted by atomic mass is 16.6. The van der Waals surface area contributed by atoms with Gasteiger partial charge in [0.2, 0.25) is 0 Å². The fourth-order valence-corrected chi connectivity index (χ4v) is 4.41. The fraction of sp³-hybridized carbons (Fsp3) is 0.333. The zero-order chi connectivity index (χ0) is 23.2. The molecule has 1 aliphatic rings. The van der Waals surface area contributed by atoms with Gasteiger partial charge in [0.15, 0.2) is 0 Å². The summed E-state index contributed by atoms with van der Waals surface area (Å²) in [6, 6.07) is 16.9. The van der Waals surface area contributed by atoms with Gasteiger partial charge in [-0.1, -0.05) is 24.3 Å². The molecular weight excluding hydrogens is 414 g/mol. The van der Waals surface area contributed by atoms with Crippen molar-refractivity contribution in [3.63, 3.8) is 0 Å². The third kappa shape index (κ3) is 4.38. The van der Waals surface area contributed by atoms with Crippen molar-refractivity contribution >= 4 is 27.9 Å². The Morgan fingerprint density at radius 3 is 2.45 bits per heavy atom. The van der Waals surface area contributed by atoms with Gasteiger partial charge in [-0.3, -0.25) is 4.98 Å². The molecule has 33 heavy (non-hydrogen) atoms. The van der Waals surface area contributed by atoms with Crippen LogP contribution in [-0.2, 0) is 11.8 Å². The first-order valence-electron chi connectivity index (χ1n) is 11.4. The van der Waals surface area contributed by atoms with Crippen LogP contribution in [0.4, 0.5) is 4.79 Å². The van der Waals surface area contributed by atoms with E-state index in [1.54, 1.807) is 0 Å². The molecule has 0 aliphatic heterocycles. The van der Waals surface area contributed by atoms with Gasteiger partial charge in [-0.25, -0.2) is 4.79 Å². The van der Waals surface area contributed by atoms with Gasteiger partial charge in [0.05, 0.1) is 5.52 Å². The third-order valence-corrected chi connectivity index (χ3v) is 6.11. The number of rotatable bonds is 4.